The number of carboxylic acids is 1. The molecule has 5 rings (SSSR count). The molecule has 512 valence electrons. The molecule has 0 saturated heterocycles. The third kappa shape index (κ3) is 28.5. The van der Waals surface area contributed by atoms with Crippen LogP contribution < -0.4 is 53.6 Å². The molecule has 1 aromatic heterocycles. The van der Waals surface area contributed by atoms with Gasteiger partial charge in [0.15, 0.2) is 0 Å². The largest absolute Gasteiger partial charge is 0.508 e. The number of H-pyrrole nitrogens is 1. The maximum Gasteiger partial charge on any atom is 0.408 e. The first-order valence-corrected chi connectivity index (χ1v) is 31.1. The first kappa shape index (κ1) is 75.2. The van der Waals surface area contributed by atoms with Gasteiger partial charge in [0, 0.05) is 62.3 Å². The smallest absolute Gasteiger partial charge is 0.408 e. The maximum atomic E-state index is 14.6. The number of carboxylic acid groups (broad SMARTS) is 1. The molecule has 1 heterocycles. The summed E-state index contributed by atoms with van der Waals surface area (Å²) in [7, 11) is 0. The summed E-state index contributed by atoms with van der Waals surface area (Å²) in [5, 5.41) is 42.9. The lowest BCUT2D eigenvalue weighted by atomic mass is 10.0. The zero-order chi connectivity index (χ0) is 69.7. The van der Waals surface area contributed by atoms with E-state index in [2.05, 4.69) is 52.8 Å². The van der Waals surface area contributed by atoms with E-state index in [9.17, 15) is 67.7 Å². The molecule has 0 radical (unpaired) electrons. The highest BCUT2D eigenvalue weighted by atomic mass is 16.6. The van der Waals surface area contributed by atoms with Crippen LogP contribution in [0.15, 0.2) is 115 Å². The first-order chi connectivity index (χ1) is 45.0. The Labute approximate surface area is 550 Å². The van der Waals surface area contributed by atoms with Crippen molar-refractivity contribution in [2.24, 2.45) is 5.73 Å². The number of aromatic hydroxyl groups is 1. The number of phenols is 1. The van der Waals surface area contributed by atoms with E-state index in [-0.39, 0.29) is 89.7 Å². The zero-order valence-electron chi connectivity index (χ0n) is 54.1. The van der Waals surface area contributed by atoms with Crippen LogP contribution in [-0.2, 0) is 88.0 Å². The highest BCUT2D eigenvalue weighted by Gasteiger charge is 2.35. The summed E-state index contributed by atoms with van der Waals surface area (Å²) in [4.78, 5) is 163. The number of nitrogens with one attached hydrogen (secondary N) is 10. The van der Waals surface area contributed by atoms with Crippen molar-refractivity contribution in [1.82, 2.24) is 52.8 Å². The van der Waals surface area contributed by atoms with Crippen LogP contribution in [0.3, 0.4) is 0 Å². The standard InChI is InChI=1S/C67H87N11O17/c1-66(2,3)94-57(84)37-53(63(90)75-50(58(68)85)34-41-18-9-7-10-19-41)76-60(87)49(74-62(89)52(36-44-38-71-47-23-14-13-22-46(44)47)77-64(91)93-40-43-20-11-8-12-21-43)24-15-16-32-69-54(80)30-31-55(81)70-33-17-25-48(59(86)72-39-56(82)83)73-61(88)51(78-65(92)95-67(4,5)6)35-42-26-28-45(79)29-27-42/h7-14,18-23,26-29,38,48-53,71,79H,15-17,24-25,30-37,39-40H2,1-6H3,(H2,68,85)(H,69,80)(H,70,81)(H,72,86)(H,73,88)(H,74,89)(H,75,90)(H,76,87)(H,77,91)(H,78,92)(H,82,83)/t48-,49-,50-,51-,52-,53-/m0/s1. The number of aromatic amines is 1. The Bertz CT molecular complexity index is 3420. The number of primary amides is 1. The number of esters is 1. The fraction of sp³-hybridized carbons (Fsp3) is 0.433. The minimum atomic E-state index is -1.68. The Balaban J connectivity index is 1.25. The Hall–Kier alpha value is -10.5. The normalized spacial score (nSPS) is 13.1. The van der Waals surface area contributed by atoms with Crippen molar-refractivity contribution in [2.75, 3.05) is 19.6 Å². The summed E-state index contributed by atoms with van der Waals surface area (Å²) in [5.74, 6) is -8.67. The van der Waals surface area contributed by atoms with E-state index in [1.165, 1.54) is 24.3 Å². The summed E-state index contributed by atoms with van der Waals surface area (Å²) in [6.45, 7) is 8.77. The molecule has 0 aliphatic heterocycles. The highest BCUT2D eigenvalue weighted by molar-refractivity contribution is 5.97. The molecule has 0 unspecified atom stereocenters. The molecule has 0 aliphatic carbocycles. The summed E-state index contributed by atoms with van der Waals surface area (Å²) in [6, 6.07) is 22.1. The molecule has 0 saturated carbocycles. The van der Waals surface area contributed by atoms with Gasteiger partial charge in [0.2, 0.25) is 47.3 Å². The number of fused-ring (bicyclic) bond motifs is 1. The number of aromatic nitrogens is 1. The van der Waals surface area contributed by atoms with Crippen LogP contribution in [0.5, 0.6) is 5.75 Å². The predicted molar refractivity (Wildman–Crippen MR) is 347 cm³/mol. The Kier molecular flexibility index (Phi) is 29.5. The lowest BCUT2D eigenvalue weighted by Gasteiger charge is -2.27. The Morgan fingerprint density at radius 2 is 0.979 bits per heavy atom. The molecule has 0 aliphatic rings. The van der Waals surface area contributed by atoms with Gasteiger partial charge in [-0.1, -0.05) is 91.0 Å². The number of ether oxygens (including phenoxy) is 3. The topological polar surface area (TPSA) is 423 Å². The van der Waals surface area contributed by atoms with E-state index in [1.54, 1.807) is 114 Å². The van der Waals surface area contributed by atoms with E-state index in [0.717, 1.165) is 10.9 Å². The summed E-state index contributed by atoms with van der Waals surface area (Å²) >= 11 is 0. The molecule has 28 heteroatoms. The molecule has 6 atom stereocenters. The van der Waals surface area contributed by atoms with Crippen molar-refractivity contribution in [3.63, 3.8) is 0 Å². The number of hydrogen-bond donors (Lipinski definition) is 13. The minimum Gasteiger partial charge on any atom is -0.508 e. The molecule has 28 nitrogen and oxygen atoms in total. The lowest BCUT2D eigenvalue weighted by Crippen LogP contribution is -2.59. The van der Waals surface area contributed by atoms with Crippen LogP contribution in [0.2, 0.25) is 0 Å². The van der Waals surface area contributed by atoms with Crippen molar-refractivity contribution < 1.29 is 82.0 Å². The van der Waals surface area contributed by atoms with Crippen LogP contribution in [0.1, 0.15) is 115 Å². The average molecular weight is 1320 g/mol. The van der Waals surface area contributed by atoms with Gasteiger partial charge in [-0.2, -0.15) is 0 Å². The van der Waals surface area contributed by atoms with Gasteiger partial charge in [-0.25, -0.2) is 9.59 Å². The van der Waals surface area contributed by atoms with Crippen molar-refractivity contribution in [2.45, 2.75) is 166 Å². The third-order valence-electron chi connectivity index (χ3n) is 14.2. The zero-order valence-corrected chi connectivity index (χ0v) is 54.1. The van der Waals surface area contributed by atoms with E-state index in [1.807, 2.05) is 18.2 Å². The quantitative estimate of drug-likeness (QED) is 0.0155. The summed E-state index contributed by atoms with van der Waals surface area (Å²) in [6.07, 6.45) is -1.50. The van der Waals surface area contributed by atoms with Crippen LogP contribution in [0.25, 0.3) is 10.9 Å². The van der Waals surface area contributed by atoms with Gasteiger partial charge >= 0.3 is 24.1 Å². The number of benzene rings is 4. The lowest BCUT2D eigenvalue weighted by molar-refractivity contribution is -0.156. The molecule has 95 heavy (non-hydrogen) atoms. The van der Waals surface area contributed by atoms with E-state index in [4.69, 9.17) is 19.9 Å². The molecular weight excluding hydrogens is 1230 g/mol. The van der Waals surface area contributed by atoms with Crippen molar-refractivity contribution >= 4 is 82.3 Å². The molecule has 0 bridgehead atoms. The number of rotatable bonds is 36. The maximum absolute atomic E-state index is 14.6. The van der Waals surface area contributed by atoms with Crippen LogP contribution >= 0.6 is 0 Å². The number of phenolic OH excluding ortho intramolecular Hbond substituents is 1. The number of unbranched alkanes of at least 4 members (excludes halogenated alkanes) is 1. The van der Waals surface area contributed by atoms with Gasteiger partial charge in [0.1, 0.15) is 66.4 Å². The molecular formula is C67H87N11O17. The number of carbonyl (C=O) groups is 12. The van der Waals surface area contributed by atoms with E-state index >= 15 is 0 Å². The second-order valence-corrected chi connectivity index (χ2v) is 24.5. The van der Waals surface area contributed by atoms with Gasteiger partial charge in [-0.15, -0.1) is 0 Å². The number of alkyl carbamates (subject to hydrolysis) is 2. The van der Waals surface area contributed by atoms with Crippen molar-refractivity contribution in [3.05, 3.63) is 138 Å². The van der Waals surface area contributed by atoms with Gasteiger partial charge in [-0.3, -0.25) is 47.9 Å². The second kappa shape index (κ2) is 37.2. The second-order valence-electron chi connectivity index (χ2n) is 24.5. The number of amides is 10. The molecule has 14 N–H and O–H groups in total. The van der Waals surface area contributed by atoms with E-state index in [0.29, 0.717) is 22.3 Å². The van der Waals surface area contributed by atoms with Gasteiger partial charge < -0.3 is 83.0 Å². The van der Waals surface area contributed by atoms with Crippen molar-refractivity contribution in [1.29, 1.82) is 0 Å². The predicted octanol–water partition coefficient (Wildman–Crippen LogP) is 3.41. The van der Waals surface area contributed by atoms with Crippen molar-refractivity contribution in [3.8, 4) is 5.75 Å². The molecule has 4 aromatic carbocycles. The Morgan fingerprint density at radius 3 is 1.58 bits per heavy atom. The summed E-state index contributed by atoms with van der Waals surface area (Å²) in [5.41, 5.74) is 7.01. The summed E-state index contributed by atoms with van der Waals surface area (Å²) < 4.78 is 16.3. The average Bonchev–Trinajstić information content (AvgIpc) is 1.75. The van der Waals surface area contributed by atoms with Crippen LogP contribution in [-0.4, -0.2) is 154 Å². The molecule has 10 amide bonds. The van der Waals surface area contributed by atoms with Gasteiger partial charge in [0.25, 0.3) is 0 Å². The number of aliphatic carboxylic acids is 1. The van der Waals surface area contributed by atoms with Crippen LogP contribution in [0.4, 0.5) is 9.59 Å². The van der Waals surface area contributed by atoms with Crippen LogP contribution in [0, 0.1) is 0 Å². The van der Waals surface area contributed by atoms with Gasteiger partial charge in [0.05, 0.1) is 6.42 Å². The number of para-hydroxylation sites is 1. The number of carbonyl (C=O) groups excluding carboxylic acids is 11. The highest BCUT2D eigenvalue weighted by Crippen LogP contribution is 2.21. The van der Waals surface area contributed by atoms with E-state index < -0.39 is 132 Å². The molecule has 0 fully saturated rings. The SMILES string of the molecule is CC(C)(C)OC(=O)C[C@H](NC(=O)[C@H](CCCCNC(=O)CCC(=O)NCCC[C@H](NC(=O)[C@H](Cc1ccc(O)cc1)NC(=O)OC(C)(C)C)C(=O)NCC(=O)O)NC(=O)[C@H](Cc1c[nH]c2ccccc12)NC(=O)OCc1ccccc1)C(=O)N[C@@H](Cc1ccccc1)C(N)=O. The third-order valence-corrected chi connectivity index (χ3v) is 14.2. The molecule has 5 aromatic rings. The number of nitrogens with two attached hydrogens (primary N) is 1. The Morgan fingerprint density at radius 1 is 0.495 bits per heavy atom. The molecule has 0 spiro atoms. The van der Waals surface area contributed by atoms with Gasteiger partial charge in [-0.05, 0) is 114 Å². The minimum absolute atomic E-state index is 0.0282. The fourth-order valence-electron chi connectivity index (χ4n) is 9.55. The fourth-order valence-corrected chi connectivity index (χ4v) is 9.55. The monoisotopic (exact) mass is 1320 g/mol. The first-order valence-electron chi connectivity index (χ1n) is 31.1. The number of hydrogen-bond acceptors (Lipinski definition) is 16.